The first-order valence-corrected chi connectivity index (χ1v) is 7.15. The van der Waals surface area contributed by atoms with Gasteiger partial charge in [0.1, 0.15) is 0 Å². The van der Waals surface area contributed by atoms with Crippen LogP contribution in [0, 0.1) is 0 Å². The van der Waals surface area contributed by atoms with Crippen LogP contribution < -0.4 is 5.32 Å². The van der Waals surface area contributed by atoms with Crippen LogP contribution in [0.5, 0.6) is 0 Å². The van der Waals surface area contributed by atoms with E-state index < -0.39 is 0 Å². The van der Waals surface area contributed by atoms with Gasteiger partial charge in [-0.3, -0.25) is 14.5 Å². The lowest BCUT2D eigenvalue weighted by Crippen LogP contribution is -2.46. The summed E-state index contributed by atoms with van der Waals surface area (Å²) in [5.41, 5.74) is 0. The molecule has 1 amide bonds. The third kappa shape index (κ3) is 4.55. The Kier molecular flexibility index (Phi) is 5.45. The van der Waals surface area contributed by atoms with Crippen LogP contribution in [0.2, 0.25) is 0 Å². The highest BCUT2D eigenvalue weighted by Gasteiger charge is 2.24. The van der Waals surface area contributed by atoms with Crippen molar-refractivity contribution in [1.29, 1.82) is 0 Å². The number of nitrogens with zero attached hydrogens (tertiary/aromatic N) is 2. The van der Waals surface area contributed by atoms with Crippen molar-refractivity contribution in [3.63, 3.8) is 0 Å². The van der Waals surface area contributed by atoms with Gasteiger partial charge in [0, 0.05) is 24.7 Å². The molecule has 1 aromatic rings. The molecule has 0 saturated carbocycles. The molecule has 7 nitrogen and oxygen atoms in total. The molecule has 1 aromatic heterocycles. The van der Waals surface area contributed by atoms with Crippen molar-refractivity contribution in [3.05, 3.63) is 11.6 Å². The Hall–Kier alpha value is -1.51. The molecule has 1 N–H and O–H groups in total. The number of morpholine rings is 1. The largest absolute Gasteiger partial charge is 0.469 e. The highest BCUT2D eigenvalue weighted by Crippen LogP contribution is 2.12. The van der Waals surface area contributed by atoms with Gasteiger partial charge in [0.15, 0.2) is 5.13 Å². The molecule has 2 rings (SSSR count). The summed E-state index contributed by atoms with van der Waals surface area (Å²) in [5.74, 6) is -0.414. The quantitative estimate of drug-likeness (QED) is 0.790. The predicted octanol–water partition coefficient (Wildman–Crippen LogP) is 0.345. The van der Waals surface area contributed by atoms with Crippen LogP contribution in [0.25, 0.3) is 0 Å². The molecule has 1 atom stereocenters. The van der Waals surface area contributed by atoms with Crippen LogP contribution >= 0.6 is 11.3 Å². The Bertz CT molecular complexity index is 452. The van der Waals surface area contributed by atoms with Gasteiger partial charge >= 0.3 is 5.97 Å². The second-order valence-electron chi connectivity index (χ2n) is 4.39. The molecule has 8 heteroatoms. The van der Waals surface area contributed by atoms with Crippen LogP contribution in [-0.2, 0) is 19.1 Å². The number of rotatable bonds is 5. The number of hydrogen-bond acceptors (Lipinski definition) is 7. The molecule has 0 aliphatic carbocycles. The summed E-state index contributed by atoms with van der Waals surface area (Å²) in [6, 6.07) is 0. The zero-order chi connectivity index (χ0) is 14.4. The van der Waals surface area contributed by atoms with E-state index in [9.17, 15) is 9.59 Å². The number of nitrogens with one attached hydrogen (secondary N) is 1. The number of carbonyl (C=O) groups excluding carboxylic acids is 2. The molecule has 1 fully saturated rings. The SMILES string of the molecule is COC(=O)CC1CN(CC(=O)Nc2nccs2)CCO1. The minimum absolute atomic E-state index is 0.112. The average Bonchev–Trinajstić information content (AvgIpc) is 2.91. The first-order chi connectivity index (χ1) is 9.67. The first kappa shape index (κ1) is 14.9. The first-order valence-electron chi connectivity index (χ1n) is 6.27. The van der Waals surface area contributed by atoms with Crippen LogP contribution in [-0.4, -0.2) is 61.2 Å². The van der Waals surface area contributed by atoms with Crippen LogP contribution in [0.3, 0.4) is 0 Å². The number of methoxy groups -OCH3 is 1. The lowest BCUT2D eigenvalue weighted by Gasteiger charge is -2.31. The normalized spacial score (nSPS) is 19.6. The maximum absolute atomic E-state index is 11.8. The minimum Gasteiger partial charge on any atom is -0.469 e. The third-order valence-electron chi connectivity index (χ3n) is 2.89. The van der Waals surface area contributed by atoms with E-state index in [1.807, 2.05) is 4.90 Å². The van der Waals surface area contributed by atoms with Gasteiger partial charge in [-0.15, -0.1) is 11.3 Å². The molecule has 1 unspecified atom stereocenters. The Morgan fingerprint density at radius 3 is 3.20 bits per heavy atom. The van der Waals surface area contributed by atoms with Gasteiger partial charge in [-0.1, -0.05) is 0 Å². The predicted molar refractivity (Wildman–Crippen MR) is 73.6 cm³/mol. The second-order valence-corrected chi connectivity index (χ2v) is 5.29. The van der Waals surface area contributed by atoms with E-state index in [-0.39, 0.29) is 30.9 Å². The molecule has 110 valence electrons. The minimum atomic E-state index is -0.302. The van der Waals surface area contributed by atoms with Crippen LogP contribution in [0.1, 0.15) is 6.42 Å². The van der Waals surface area contributed by atoms with Gasteiger partial charge in [-0.2, -0.15) is 0 Å². The summed E-state index contributed by atoms with van der Waals surface area (Å²) in [5, 5.41) is 5.12. The van der Waals surface area contributed by atoms with Gasteiger partial charge in [0.25, 0.3) is 0 Å². The molecule has 20 heavy (non-hydrogen) atoms. The van der Waals surface area contributed by atoms with Gasteiger partial charge in [0.05, 0.1) is 32.8 Å². The van der Waals surface area contributed by atoms with Crippen molar-refractivity contribution in [1.82, 2.24) is 9.88 Å². The number of carbonyl (C=O) groups is 2. The lowest BCUT2D eigenvalue weighted by molar-refractivity contribution is -0.145. The van der Waals surface area contributed by atoms with Gasteiger partial charge in [-0.05, 0) is 0 Å². The number of esters is 1. The molecule has 1 aliphatic heterocycles. The Balaban J connectivity index is 1.77. The Labute approximate surface area is 120 Å². The summed E-state index contributed by atoms with van der Waals surface area (Å²) in [6.07, 6.45) is 1.63. The average molecular weight is 299 g/mol. The van der Waals surface area contributed by atoms with E-state index in [1.54, 1.807) is 11.6 Å². The topological polar surface area (TPSA) is 80.8 Å². The molecule has 0 spiro atoms. The summed E-state index contributed by atoms with van der Waals surface area (Å²) in [6.45, 7) is 1.98. The van der Waals surface area contributed by atoms with Crippen LogP contribution in [0.4, 0.5) is 5.13 Å². The number of hydrogen-bond donors (Lipinski definition) is 1. The van der Waals surface area contributed by atoms with Crippen molar-refractivity contribution in [2.75, 3.05) is 38.7 Å². The fourth-order valence-corrected chi connectivity index (χ4v) is 2.51. The van der Waals surface area contributed by atoms with Crippen molar-refractivity contribution < 1.29 is 19.1 Å². The molecule has 1 aliphatic rings. The zero-order valence-corrected chi connectivity index (χ0v) is 12.0. The van der Waals surface area contributed by atoms with E-state index in [4.69, 9.17) is 4.74 Å². The summed E-state index contributed by atoms with van der Waals surface area (Å²) < 4.78 is 10.1. The fraction of sp³-hybridized carbons (Fsp3) is 0.583. The van der Waals surface area contributed by atoms with Crippen LogP contribution in [0.15, 0.2) is 11.6 Å². The number of thiazole rings is 1. The van der Waals surface area contributed by atoms with E-state index in [0.29, 0.717) is 24.8 Å². The Morgan fingerprint density at radius 2 is 2.50 bits per heavy atom. The highest BCUT2D eigenvalue weighted by molar-refractivity contribution is 7.13. The number of anilines is 1. The molecular weight excluding hydrogens is 282 g/mol. The molecular formula is C12H17N3O4S. The van der Waals surface area contributed by atoms with Crippen molar-refractivity contribution in [2.45, 2.75) is 12.5 Å². The summed E-state index contributed by atoms with van der Waals surface area (Å²) in [4.78, 5) is 29.0. The fourth-order valence-electron chi connectivity index (χ4n) is 1.96. The Morgan fingerprint density at radius 1 is 1.65 bits per heavy atom. The zero-order valence-electron chi connectivity index (χ0n) is 11.2. The van der Waals surface area contributed by atoms with Gasteiger partial charge in [-0.25, -0.2) is 4.98 Å². The smallest absolute Gasteiger partial charge is 0.308 e. The van der Waals surface area contributed by atoms with Gasteiger partial charge in [0.2, 0.25) is 5.91 Å². The number of amides is 1. The summed E-state index contributed by atoms with van der Waals surface area (Å²) >= 11 is 1.38. The van der Waals surface area contributed by atoms with E-state index in [2.05, 4.69) is 15.0 Å². The second kappa shape index (κ2) is 7.32. The monoisotopic (exact) mass is 299 g/mol. The van der Waals surface area contributed by atoms with Crippen molar-refractivity contribution in [2.24, 2.45) is 0 Å². The lowest BCUT2D eigenvalue weighted by atomic mass is 10.2. The summed E-state index contributed by atoms with van der Waals surface area (Å²) in [7, 11) is 1.35. The van der Waals surface area contributed by atoms with Crippen molar-refractivity contribution >= 4 is 28.3 Å². The number of ether oxygens (including phenoxy) is 2. The van der Waals surface area contributed by atoms with Crippen molar-refractivity contribution in [3.8, 4) is 0 Å². The number of aromatic nitrogens is 1. The molecule has 0 aromatic carbocycles. The maximum atomic E-state index is 11.8. The molecule has 0 radical (unpaired) electrons. The standard InChI is InChI=1S/C12H17N3O4S/c1-18-11(17)6-9-7-15(3-4-19-9)8-10(16)14-12-13-2-5-20-12/h2,5,9H,3-4,6-8H2,1H3,(H,13,14,16). The maximum Gasteiger partial charge on any atom is 0.308 e. The molecule has 2 heterocycles. The van der Waals surface area contributed by atoms with E-state index in [0.717, 1.165) is 0 Å². The van der Waals surface area contributed by atoms with E-state index in [1.165, 1.54) is 18.4 Å². The third-order valence-corrected chi connectivity index (χ3v) is 3.58. The molecule has 1 saturated heterocycles. The molecule has 0 bridgehead atoms. The highest BCUT2D eigenvalue weighted by atomic mass is 32.1. The van der Waals surface area contributed by atoms with E-state index >= 15 is 0 Å². The van der Waals surface area contributed by atoms with Gasteiger partial charge < -0.3 is 14.8 Å².